The first-order valence-corrected chi connectivity index (χ1v) is 8.69. The van der Waals surface area contributed by atoms with Gasteiger partial charge in [0.2, 0.25) is 0 Å². The van der Waals surface area contributed by atoms with Crippen LogP contribution in [-0.2, 0) is 11.3 Å². The molecule has 0 heterocycles. The van der Waals surface area contributed by atoms with Crippen LogP contribution in [0.5, 0.6) is 11.5 Å². The van der Waals surface area contributed by atoms with E-state index in [4.69, 9.17) is 14.2 Å². The summed E-state index contributed by atoms with van der Waals surface area (Å²) in [6, 6.07) is 22.4. The second-order valence-corrected chi connectivity index (χ2v) is 6.02. The first-order chi connectivity index (χ1) is 12.2. The van der Waals surface area contributed by atoms with Crippen molar-refractivity contribution in [1.29, 1.82) is 0 Å². The Kier molecular flexibility index (Phi) is 5.91. The zero-order chi connectivity index (χ0) is 17.5. The van der Waals surface area contributed by atoms with E-state index in [1.165, 1.54) is 0 Å². The summed E-state index contributed by atoms with van der Waals surface area (Å²) in [7, 11) is 0. The highest BCUT2D eigenvalue weighted by Gasteiger charge is 2.04. The molecule has 3 aromatic rings. The molecule has 3 rings (SSSR count). The SMILES string of the molecule is CCO[C@@H](C)COc1ccc2cc(OCc3ccccc3)ccc2c1. The van der Waals surface area contributed by atoms with Crippen molar-refractivity contribution in [3.8, 4) is 11.5 Å². The van der Waals surface area contributed by atoms with Crippen LogP contribution in [0.25, 0.3) is 10.8 Å². The smallest absolute Gasteiger partial charge is 0.120 e. The van der Waals surface area contributed by atoms with Crippen LogP contribution in [0.2, 0.25) is 0 Å². The first kappa shape index (κ1) is 17.3. The van der Waals surface area contributed by atoms with E-state index in [0.717, 1.165) is 27.8 Å². The molecule has 0 unspecified atom stereocenters. The van der Waals surface area contributed by atoms with Gasteiger partial charge in [-0.2, -0.15) is 0 Å². The summed E-state index contributed by atoms with van der Waals surface area (Å²) in [4.78, 5) is 0. The van der Waals surface area contributed by atoms with E-state index in [-0.39, 0.29) is 6.10 Å². The van der Waals surface area contributed by atoms with Crippen molar-refractivity contribution < 1.29 is 14.2 Å². The Morgan fingerprint density at radius 3 is 2.08 bits per heavy atom. The molecule has 1 atom stereocenters. The van der Waals surface area contributed by atoms with E-state index in [0.29, 0.717) is 19.8 Å². The molecule has 3 nitrogen and oxygen atoms in total. The van der Waals surface area contributed by atoms with Crippen LogP contribution in [-0.4, -0.2) is 19.3 Å². The number of fused-ring (bicyclic) bond motifs is 1. The van der Waals surface area contributed by atoms with Crippen molar-refractivity contribution in [2.24, 2.45) is 0 Å². The van der Waals surface area contributed by atoms with E-state index in [1.54, 1.807) is 0 Å². The van der Waals surface area contributed by atoms with Gasteiger partial charge in [-0.15, -0.1) is 0 Å². The van der Waals surface area contributed by atoms with E-state index >= 15 is 0 Å². The summed E-state index contributed by atoms with van der Waals surface area (Å²) < 4.78 is 17.2. The maximum atomic E-state index is 5.89. The molecule has 0 aliphatic rings. The molecule has 0 aromatic heterocycles. The number of benzene rings is 3. The highest BCUT2D eigenvalue weighted by atomic mass is 16.5. The number of ether oxygens (including phenoxy) is 3. The zero-order valence-electron chi connectivity index (χ0n) is 14.8. The molecule has 0 spiro atoms. The van der Waals surface area contributed by atoms with Gasteiger partial charge in [0.25, 0.3) is 0 Å². The van der Waals surface area contributed by atoms with E-state index in [9.17, 15) is 0 Å². The molecule has 0 amide bonds. The highest BCUT2D eigenvalue weighted by molar-refractivity contribution is 5.85. The van der Waals surface area contributed by atoms with Gasteiger partial charge in [-0.25, -0.2) is 0 Å². The lowest BCUT2D eigenvalue weighted by atomic mass is 10.1. The molecule has 0 radical (unpaired) electrons. The zero-order valence-corrected chi connectivity index (χ0v) is 14.8. The predicted octanol–water partition coefficient (Wildman–Crippen LogP) is 5.22. The fraction of sp³-hybridized carbons (Fsp3) is 0.273. The van der Waals surface area contributed by atoms with Crippen LogP contribution < -0.4 is 9.47 Å². The van der Waals surface area contributed by atoms with Gasteiger partial charge in [0, 0.05) is 6.61 Å². The molecule has 0 aliphatic carbocycles. The van der Waals surface area contributed by atoms with Gasteiger partial charge in [-0.05, 0) is 54.4 Å². The minimum absolute atomic E-state index is 0.0921. The van der Waals surface area contributed by atoms with Gasteiger partial charge in [-0.1, -0.05) is 42.5 Å². The predicted molar refractivity (Wildman–Crippen MR) is 101 cm³/mol. The van der Waals surface area contributed by atoms with Gasteiger partial charge >= 0.3 is 0 Å². The molecule has 0 bridgehead atoms. The van der Waals surface area contributed by atoms with E-state index in [1.807, 2.05) is 44.2 Å². The highest BCUT2D eigenvalue weighted by Crippen LogP contribution is 2.25. The summed E-state index contributed by atoms with van der Waals surface area (Å²) >= 11 is 0. The second kappa shape index (κ2) is 8.54. The van der Waals surface area contributed by atoms with Crippen molar-refractivity contribution in [2.45, 2.75) is 26.6 Å². The number of hydrogen-bond acceptors (Lipinski definition) is 3. The van der Waals surface area contributed by atoms with Gasteiger partial charge in [0.1, 0.15) is 24.7 Å². The largest absolute Gasteiger partial charge is 0.491 e. The topological polar surface area (TPSA) is 27.7 Å². The maximum absolute atomic E-state index is 5.89. The standard InChI is InChI=1S/C22H24O3/c1-3-23-17(2)15-24-21-11-9-20-14-22(12-10-19(20)13-21)25-16-18-7-5-4-6-8-18/h4-14,17H,3,15-16H2,1-2H3/t17-/m0/s1. The number of rotatable bonds is 8. The average molecular weight is 336 g/mol. The van der Waals surface area contributed by atoms with Crippen LogP contribution in [0.1, 0.15) is 19.4 Å². The molecule has 25 heavy (non-hydrogen) atoms. The third-order valence-corrected chi connectivity index (χ3v) is 3.97. The van der Waals surface area contributed by atoms with E-state index in [2.05, 4.69) is 36.4 Å². The fourth-order valence-corrected chi connectivity index (χ4v) is 2.67. The van der Waals surface area contributed by atoms with E-state index < -0.39 is 0 Å². The third kappa shape index (κ3) is 4.97. The monoisotopic (exact) mass is 336 g/mol. The van der Waals surface area contributed by atoms with Gasteiger partial charge in [-0.3, -0.25) is 0 Å². The fourth-order valence-electron chi connectivity index (χ4n) is 2.67. The average Bonchev–Trinajstić information content (AvgIpc) is 2.65. The molecule has 0 saturated carbocycles. The first-order valence-electron chi connectivity index (χ1n) is 8.69. The third-order valence-electron chi connectivity index (χ3n) is 3.97. The Morgan fingerprint density at radius 1 is 0.800 bits per heavy atom. The summed E-state index contributed by atoms with van der Waals surface area (Å²) in [6.45, 7) is 5.83. The van der Waals surface area contributed by atoms with Crippen LogP contribution in [0.15, 0.2) is 66.7 Å². The summed E-state index contributed by atoms with van der Waals surface area (Å²) in [5, 5.41) is 2.27. The van der Waals surface area contributed by atoms with Crippen LogP contribution in [0.4, 0.5) is 0 Å². The normalized spacial score (nSPS) is 12.1. The molecule has 130 valence electrons. The lowest BCUT2D eigenvalue weighted by Crippen LogP contribution is -2.17. The lowest BCUT2D eigenvalue weighted by Gasteiger charge is -2.13. The Morgan fingerprint density at radius 2 is 1.44 bits per heavy atom. The van der Waals surface area contributed by atoms with Crippen LogP contribution in [0, 0.1) is 0 Å². The van der Waals surface area contributed by atoms with Gasteiger partial charge in [0.15, 0.2) is 0 Å². The number of hydrogen-bond donors (Lipinski definition) is 0. The molecule has 0 fully saturated rings. The summed E-state index contributed by atoms with van der Waals surface area (Å²) in [6.07, 6.45) is 0.0921. The maximum Gasteiger partial charge on any atom is 0.120 e. The Bertz CT molecular complexity index is 799. The van der Waals surface area contributed by atoms with Crippen molar-refractivity contribution in [3.05, 3.63) is 72.3 Å². The molecule has 3 heteroatoms. The van der Waals surface area contributed by atoms with Crippen LogP contribution >= 0.6 is 0 Å². The molecule has 0 N–H and O–H groups in total. The quantitative estimate of drug-likeness (QED) is 0.564. The molecular formula is C22H24O3. The van der Waals surface area contributed by atoms with Crippen molar-refractivity contribution in [3.63, 3.8) is 0 Å². The summed E-state index contributed by atoms with van der Waals surface area (Å²) in [5.41, 5.74) is 1.16. The molecule has 0 aliphatic heterocycles. The Labute approximate surface area is 149 Å². The Balaban J connectivity index is 1.64. The van der Waals surface area contributed by atoms with Gasteiger partial charge < -0.3 is 14.2 Å². The molecule has 0 saturated heterocycles. The molecule has 3 aromatic carbocycles. The summed E-state index contributed by atoms with van der Waals surface area (Å²) in [5.74, 6) is 1.73. The Hall–Kier alpha value is -2.52. The minimum Gasteiger partial charge on any atom is -0.491 e. The van der Waals surface area contributed by atoms with Crippen molar-refractivity contribution in [2.75, 3.05) is 13.2 Å². The van der Waals surface area contributed by atoms with Gasteiger partial charge in [0.05, 0.1) is 6.10 Å². The minimum atomic E-state index is 0.0921. The molecular weight excluding hydrogens is 312 g/mol. The second-order valence-electron chi connectivity index (χ2n) is 6.02. The van der Waals surface area contributed by atoms with Crippen molar-refractivity contribution >= 4 is 10.8 Å². The van der Waals surface area contributed by atoms with Crippen LogP contribution in [0.3, 0.4) is 0 Å². The lowest BCUT2D eigenvalue weighted by molar-refractivity contribution is 0.0402. The van der Waals surface area contributed by atoms with Crippen molar-refractivity contribution in [1.82, 2.24) is 0 Å².